The van der Waals surface area contributed by atoms with E-state index in [-0.39, 0.29) is 10.8 Å². The molecular formula is C19H20N2O4S. The van der Waals surface area contributed by atoms with Crippen LogP contribution in [0.3, 0.4) is 0 Å². The molecule has 1 fully saturated rings. The monoisotopic (exact) mass is 372 g/mol. The highest BCUT2D eigenvalue weighted by Gasteiger charge is 2.47. The second kappa shape index (κ2) is 6.10. The highest BCUT2D eigenvalue weighted by atomic mass is 32.2. The van der Waals surface area contributed by atoms with E-state index in [1.807, 2.05) is 24.3 Å². The molecule has 0 radical (unpaired) electrons. The fraction of sp³-hybridized carbons (Fsp3) is 0.316. The zero-order valence-electron chi connectivity index (χ0n) is 14.4. The molecule has 1 aliphatic heterocycles. The number of amides is 1. The number of nitrogens with one attached hydrogen (secondary N) is 2. The number of sulfonamides is 1. The third-order valence-electron chi connectivity index (χ3n) is 5.00. The van der Waals surface area contributed by atoms with Gasteiger partial charge in [0.1, 0.15) is 5.75 Å². The Morgan fingerprint density at radius 1 is 1.08 bits per heavy atom. The number of benzene rings is 2. The van der Waals surface area contributed by atoms with Crippen LogP contribution in [0.25, 0.3) is 0 Å². The summed E-state index contributed by atoms with van der Waals surface area (Å²) in [5.41, 5.74) is 1.93. The average molecular weight is 372 g/mol. The number of hydrogen-bond acceptors (Lipinski definition) is 4. The lowest BCUT2D eigenvalue weighted by molar-refractivity contribution is -0.116. The van der Waals surface area contributed by atoms with Crippen LogP contribution in [0, 0.1) is 0 Å². The van der Waals surface area contributed by atoms with Crippen molar-refractivity contribution in [2.75, 3.05) is 12.4 Å². The third kappa shape index (κ3) is 3.08. The largest absolute Gasteiger partial charge is 0.497 e. The van der Waals surface area contributed by atoms with Gasteiger partial charge in [-0.1, -0.05) is 12.1 Å². The Hall–Kier alpha value is -2.38. The van der Waals surface area contributed by atoms with Gasteiger partial charge in [0.25, 0.3) is 0 Å². The quantitative estimate of drug-likeness (QED) is 0.845. The van der Waals surface area contributed by atoms with Crippen LogP contribution in [0.2, 0.25) is 0 Å². The summed E-state index contributed by atoms with van der Waals surface area (Å²) in [7, 11) is -2.06. The minimum Gasteiger partial charge on any atom is -0.497 e. The first kappa shape index (κ1) is 17.1. The maximum atomic E-state index is 12.9. The number of rotatable bonds is 5. The van der Waals surface area contributed by atoms with Crippen molar-refractivity contribution in [1.29, 1.82) is 0 Å². The Morgan fingerprint density at radius 2 is 1.81 bits per heavy atom. The SMILES string of the molecule is COc1ccc(C2(NS(=O)(=O)c3ccc4c(c3)CCC(=O)N4)CC2)cc1. The van der Waals surface area contributed by atoms with Crippen molar-refractivity contribution in [3.63, 3.8) is 0 Å². The number of methoxy groups -OCH3 is 1. The molecule has 0 spiro atoms. The molecule has 7 heteroatoms. The lowest BCUT2D eigenvalue weighted by Crippen LogP contribution is -2.35. The van der Waals surface area contributed by atoms with Crippen LogP contribution in [-0.2, 0) is 26.8 Å². The van der Waals surface area contributed by atoms with Gasteiger partial charge < -0.3 is 10.1 Å². The minimum atomic E-state index is -3.66. The molecule has 1 saturated carbocycles. The standard InChI is InChI=1S/C19H20N2O4S/c1-25-15-5-3-14(4-6-15)19(10-11-19)21-26(23,24)16-7-8-17-13(12-16)2-9-18(22)20-17/h3-8,12,21H,2,9-11H2,1H3,(H,20,22). The van der Waals surface area contributed by atoms with Gasteiger partial charge in [-0.15, -0.1) is 0 Å². The van der Waals surface area contributed by atoms with Crippen LogP contribution >= 0.6 is 0 Å². The van der Waals surface area contributed by atoms with Crippen LogP contribution in [0.4, 0.5) is 5.69 Å². The van der Waals surface area contributed by atoms with Crippen molar-refractivity contribution in [2.45, 2.75) is 36.1 Å². The normalized spacial score (nSPS) is 18.0. The predicted molar refractivity (Wildman–Crippen MR) is 97.6 cm³/mol. The molecular weight excluding hydrogens is 352 g/mol. The lowest BCUT2D eigenvalue weighted by atomic mass is 10.0. The molecule has 1 heterocycles. The van der Waals surface area contributed by atoms with Crippen molar-refractivity contribution < 1.29 is 17.9 Å². The second-order valence-electron chi connectivity index (χ2n) is 6.78. The highest BCUT2D eigenvalue weighted by Crippen LogP contribution is 2.47. The first-order valence-electron chi connectivity index (χ1n) is 8.53. The van der Waals surface area contributed by atoms with Gasteiger partial charge in [0.05, 0.1) is 17.5 Å². The minimum absolute atomic E-state index is 0.0392. The predicted octanol–water partition coefficient (Wildman–Crippen LogP) is 2.55. The summed E-state index contributed by atoms with van der Waals surface area (Å²) in [5, 5.41) is 2.77. The van der Waals surface area contributed by atoms with Gasteiger partial charge in [-0.05, 0) is 60.7 Å². The Labute approximate surface area is 152 Å². The van der Waals surface area contributed by atoms with Gasteiger partial charge in [-0.25, -0.2) is 13.1 Å². The van der Waals surface area contributed by atoms with E-state index in [2.05, 4.69) is 10.0 Å². The molecule has 4 rings (SSSR count). The van der Waals surface area contributed by atoms with Gasteiger partial charge in [0, 0.05) is 12.1 Å². The molecule has 2 N–H and O–H groups in total. The maximum absolute atomic E-state index is 12.9. The summed E-state index contributed by atoms with van der Waals surface area (Å²) < 4.78 is 33.9. The van der Waals surface area contributed by atoms with Crippen LogP contribution in [0.1, 0.15) is 30.4 Å². The van der Waals surface area contributed by atoms with E-state index in [1.54, 1.807) is 19.2 Å². The number of hydrogen-bond donors (Lipinski definition) is 2. The molecule has 26 heavy (non-hydrogen) atoms. The molecule has 0 aromatic heterocycles. The maximum Gasteiger partial charge on any atom is 0.241 e. The van der Waals surface area contributed by atoms with Crippen LogP contribution in [0.15, 0.2) is 47.4 Å². The summed E-state index contributed by atoms with van der Waals surface area (Å²) in [5.74, 6) is 0.701. The third-order valence-corrected chi connectivity index (χ3v) is 6.54. The van der Waals surface area contributed by atoms with Crippen molar-refractivity contribution >= 4 is 21.6 Å². The van der Waals surface area contributed by atoms with Crippen LogP contribution in [-0.4, -0.2) is 21.4 Å². The fourth-order valence-electron chi connectivity index (χ4n) is 3.33. The number of carbonyl (C=O) groups excluding carboxylic acids is 1. The fourth-order valence-corrected chi connectivity index (χ4v) is 4.83. The molecule has 0 bridgehead atoms. The first-order valence-corrected chi connectivity index (χ1v) is 10.0. The van der Waals surface area contributed by atoms with Crippen molar-refractivity contribution in [3.8, 4) is 5.75 Å². The van der Waals surface area contributed by atoms with E-state index in [1.165, 1.54) is 6.07 Å². The molecule has 6 nitrogen and oxygen atoms in total. The smallest absolute Gasteiger partial charge is 0.241 e. The van der Waals surface area contributed by atoms with E-state index >= 15 is 0 Å². The van der Waals surface area contributed by atoms with Crippen molar-refractivity contribution in [1.82, 2.24) is 4.72 Å². The number of ether oxygens (including phenoxy) is 1. The molecule has 1 aliphatic carbocycles. The van der Waals surface area contributed by atoms with Gasteiger partial charge in [-0.3, -0.25) is 4.79 Å². The highest BCUT2D eigenvalue weighted by molar-refractivity contribution is 7.89. The summed E-state index contributed by atoms with van der Waals surface area (Å²) in [6.07, 6.45) is 2.45. The number of fused-ring (bicyclic) bond motifs is 1. The zero-order valence-corrected chi connectivity index (χ0v) is 15.2. The molecule has 1 amide bonds. The van der Waals surface area contributed by atoms with Crippen molar-refractivity contribution in [3.05, 3.63) is 53.6 Å². The van der Waals surface area contributed by atoms with E-state index in [0.717, 1.165) is 29.7 Å². The Kier molecular flexibility index (Phi) is 4.00. The number of anilines is 1. The summed E-state index contributed by atoms with van der Waals surface area (Å²) in [6.45, 7) is 0. The molecule has 0 atom stereocenters. The van der Waals surface area contributed by atoms with Gasteiger partial charge in [-0.2, -0.15) is 0 Å². The average Bonchev–Trinajstić information content (AvgIpc) is 3.41. The second-order valence-corrected chi connectivity index (χ2v) is 8.47. The number of aryl methyl sites for hydroxylation is 1. The number of carbonyl (C=O) groups is 1. The van der Waals surface area contributed by atoms with E-state index in [0.29, 0.717) is 18.5 Å². The molecule has 0 saturated heterocycles. The van der Waals surface area contributed by atoms with Crippen LogP contribution in [0.5, 0.6) is 5.75 Å². The Morgan fingerprint density at radius 3 is 2.46 bits per heavy atom. The topological polar surface area (TPSA) is 84.5 Å². The van der Waals surface area contributed by atoms with Gasteiger partial charge in [0.15, 0.2) is 0 Å². The molecule has 2 aromatic rings. The van der Waals surface area contributed by atoms with Gasteiger partial charge in [0.2, 0.25) is 15.9 Å². The van der Waals surface area contributed by atoms with E-state index < -0.39 is 15.6 Å². The van der Waals surface area contributed by atoms with Gasteiger partial charge >= 0.3 is 0 Å². The van der Waals surface area contributed by atoms with E-state index in [9.17, 15) is 13.2 Å². The summed E-state index contributed by atoms with van der Waals surface area (Å²) >= 11 is 0. The molecule has 2 aromatic carbocycles. The van der Waals surface area contributed by atoms with E-state index in [4.69, 9.17) is 4.74 Å². The molecule has 0 unspecified atom stereocenters. The lowest BCUT2D eigenvalue weighted by Gasteiger charge is -2.20. The van der Waals surface area contributed by atoms with Crippen LogP contribution < -0.4 is 14.8 Å². The first-order chi connectivity index (χ1) is 12.4. The Balaban J connectivity index is 1.60. The summed E-state index contributed by atoms with van der Waals surface area (Å²) in [6, 6.07) is 12.3. The molecule has 136 valence electrons. The zero-order chi connectivity index (χ0) is 18.4. The summed E-state index contributed by atoms with van der Waals surface area (Å²) in [4.78, 5) is 11.7. The van der Waals surface area contributed by atoms with Crippen molar-refractivity contribution in [2.24, 2.45) is 0 Å². The Bertz CT molecular complexity index is 964. The molecule has 2 aliphatic rings.